The second-order valence-corrected chi connectivity index (χ2v) is 19.0. The Morgan fingerprint density at radius 1 is 0.584 bits per heavy atom. The average Bonchev–Trinajstić information content (AvgIpc) is 3.38. The number of hydrogen-bond donors (Lipinski definition) is 0. The highest BCUT2D eigenvalue weighted by Gasteiger charge is 2.46. The Hall–Kier alpha value is -8.30. The van der Waals surface area contributed by atoms with Gasteiger partial charge < -0.3 is 23.8 Å². The number of ether oxygens (including phenoxy) is 2. The van der Waals surface area contributed by atoms with Gasteiger partial charge in [0.25, 0.3) is 0 Å². The molecule has 2 heterocycles. The minimum absolute atomic E-state index is 0.0255. The van der Waals surface area contributed by atoms with Crippen molar-refractivity contribution in [2.75, 3.05) is 63.3 Å². The van der Waals surface area contributed by atoms with Gasteiger partial charge in [0, 0.05) is 37.1 Å². The first-order valence-corrected chi connectivity index (χ1v) is 24.5. The Bertz CT molecular complexity index is 2860. The number of allylic oxidation sites excluding steroid dienone is 2. The van der Waals surface area contributed by atoms with Crippen LogP contribution < -0.4 is 9.80 Å². The molecule has 4 aromatic rings. The fourth-order valence-electron chi connectivity index (χ4n) is 9.45. The third kappa shape index (κ3) is 13.4. The van der Waals surface area contributed by atoms with Crippen LogP contribution in [0.3, 0.4) is 0 Å². The van der Waals surface area contributed by atoms with E-state index in [0.717, 1.165) is 56.0 Å². The van der Waals surface area contributed by atoms with E-state index in [1.807, 2.05) is 26.2 Å². The zero-order valence-corrected chi connectivity index (χ0v) is 43.1. The molecule has 6 rings (SSSR count). The number of anilines is 2. The monoisotopic (exact) mass is 1070 g/mol. The maximum absolute atomic E-state index is 14.6. The highest BCUT2D eigenvalue weighted by molar-refractivity contribution is 6.06. The van der Waals surface area contributed by atoms with Crippen molar-refractivity contribution >= 4 is 46.9 Å². The lowest BCUT2D eigenvalue weighted by atomic mass is 9.91. The Morgan fingerprint density at radius 3 is 1.25 bits per heavy atom. The van der Waals surface area contributed by atoms with Crippen LogP contribution >= 0.6 is 0 Å². The van der Waals surface area contributed by atoms with Gasteiger partial charge in [-0.05, 0) is 99.5 Å². The summed E-state index contributed by atoms with van der Waals surface area (Å²) in [6.45, 7) is 5.32. The van der Waals surface area contributed by atoms with Crippen molar-refractivity contribution < 1.29 is 69.1 Å². The van der Waals surface area contributed by atoms with Crippen LogP contribution in [0.25, 0.3) is 0 Å². The van der Waals surface area contributed by atoms with Crippen molar-refractivity contribution in [3.63, 3.8) is 0 Å². The first kappa shape index (κ1) is 58.0. The molecule has 0 saturated heterocycles. The number of ketones is 2. The highest BCUT2D eigenvalue weighted by atomic mass is 19.4. The molecule has 0 unspecified atom stereocenters. The number of nitriles is 2. The molecule has 77 heavy (non-hydrogen) atoms. The van der Waals surface area contributed by atoms with E-state index >= 15 is 0 Å². The van der Waals surface area contributed by atoms with Gasteiger partial charge in [-0.2, -0.15) is 36.9 Å². The lowest BCUT2D eigenvalue weighted by Crippen LogP contribution is -2.52. The van der Waals surface area contributed by atoms with Crippen molar-refractivity contribution in [1.29, 1.82) is 10.5 Å². The maximum Gasteiger partial charge on any atom is 0.416 e. The zero-order chi connectivity index (χ0) is 56.6. The fraction of sp³-hybridized carbons (Fsp3) is 0.357. The minimum Gasteiger partial charge on any atom is -0.463 e. The van der Waals surface area contributed by atoms with Crippen LogP contribution in [0.2, 0.25) is 0 Å². The number of amides is 4. The molecule has 0 spiro atoms. The molecule has 0 fully saturated rings. The summed E-state index contributed by atoms with van der Waals surface area (Å²) in [5.41, 5.74) is -1.61. The molecule has 2 atom stereocenters. The van der Waals surface area contributed by atoms with E-state index in [4.69, 9.17) is 9.47 Å². The van der Waals surface area contributed by atoms with Crippen molar-refractivity contribution in [3.05, 3.63) is 153 Å². The standard InChI is InChI=1S/C56H56F6N7O8/c1-7-76-51(72)47-35(3)67(43-15-9-13-41(29-43)55(57,58)59)53(74)65(49(47)39-23-19-37(31-63)20-24-39)33-45(70)17-11-27-69(5,6)28-12-18-46(71)34-66-50(40-25-21-38(32-64)22-26-40)48(52(73)77-8-2)36(4)68(54(66)75)44-16-10-14-42(30-44)56(60,61)62/h9-10,13-16,19-26,29-30,49-50H,7-8,11-12,17-18,27-28,33-34H2,1-6H3/q+1/t49-,50-/m1/s1. The van der Waals surface area contributed by atoms with Crippen molar-refractivity contribution in [3.8, 4) is 12.1 Å². The largest absolute Gasteiger partial charge is 0.463 e. The fourth-order valence-corrected chi connectivity index (χ4v) is 9.45. The number of carbonyl (C=O) groups is 6. The van der Waals surface area contributed by atoms with Crippen molar-refractivity contribution in [2.45, 2.75) is 77.8 Å². The number of rotatable bonds is 20. The Balaban J connectivity index is 1.19. The summed E-state index contributed by atoms with van der Waals surface area (Å²) in [6.07, 6.45) is -9.19. The maximum atomic E-state index is 14.6. The third-order valence-corrected chi connectivity index (χ3v) is 13.2. The van der Waals surface area contributed by atoms with Gasteiger partial charge in [-0.3, -0.25) is 19.4 Å². The van der Waals surface area contributed by atoms with E-state index in [1.54, 1.807) is 13.8 Å². The van der Waals surface area contributed by atoms with E-state index in [9.17, 15) is 65.6 Å². The number of quaternary nitrogens is 1. The number of nitrogens with zero attached hydrogens (tertiary/aromatic N) is 7. The highest BCUT2D eigenvalue weighted by Crippen LogP contribution is 2.43. The number of Topliss-reactive ketones (excluding diaryl/α,β-unsaturated/α-hetero) is 2. The van der Waals surface area contributed by atoms with Crippen molar-refractivity contribution in [2.24, 2.45) is 0 Å². The summed E-state index contributed by atoms with van der Waals surface area (Å²) in [6, 6.07) is 19.6. The second-order valence-electron chi connectivity index (χ2n) is 19.0. The van der Waals surface area contributed by atoms with Crippen LogP contribution in [0.15, 0.2) is 120 Å². The molecule has 4 amide bonds. The Morgan fingerprint density at radius 2 is 0.935 bits per heavy atom. The summed E-state index contributed by atoms with van der Waals surface area (Å²) in [7, 11) is 3.72. The number of urea groups is 2. The van der Waals surface area contributed by atoms with Gasteiger partial charge in [-0.25, -0.2) is 19.2 Å². The van der Waals surface area contributed by atoms with E-state index in [2.05, 4.69) is 0 Å². The van der Waals surface area contributed by atoms with Gasteiger partial charge >= 0.3 is 36.4 Å². The molecule has 4 aromatic carbocycles. The summed E-state index contributed by atoms with van der Waals surface area (Å²) < 4.78 is 94.7. The smallest absolute Gasteiger partial charge is 0.416 e. The molecule has 0 radical (unpaired) electrons. The lowest BCUT2D eigenvalue weighted by molar-refractivity contribution is -0.890. The van der Waals surface area contributed by atoms with Gasteiger partial charge in [0.05, 0.1) is 122 Å². The molecule has 15 nitrogen and oxygen atoms in total. The number of halogens is 6. The SMILES string of the molecule is CCOC(=O)C1=C(C)N(c2cccc(C(F)(F)F)c2)C(=O)N(CC(=O)CCC[N+](C)(C)CCCC(=O)CN2C(=O)N(c3cccc(C(F)(F)F)c3)C(C)=C(C(=O)OCC)[C@H]2c2ccc(C#N)cc2)[C@@H]1c1ccc(C#N)cc1. The van der Waals surface area contributed by atoms with Crippen LogP contribution in [-0.2, 0) is 41.0 Å². The molecule has 2 aliphatic rings. The van der Waals surface area contributed by atoms with Gasteiger partial charge in [0.2, 0.25) is 0 Å². The van der Waals surface area contributed by atoms with Gasteiger partial charge in [0.15, 0.2) is 11.6 Å². The van der Waals surface area contributed by atoms with Crippen LogP contribution in [0.1, 0.15) is 98.8 Å². The molecule has 2 aliphatic heterocycles. The van der Waals surface area contributed by atoms with E-state index in [1.165, 1.54) is 74.5 Å². The van der Waals surface area contributed by atoms with Gasteiger partial charge in [-0.1, -0.05) is 36.4 Å². The molecule has 0 bridgehead atoms. The molecular formula is C56H56F6N7O8+. The number of esters is 2. The summed E-state index contributed by atoms with van der Waals surface area (Å²) >= 11 is 0. The van der Waals surface area contributed by atoms with Crippen LogP contribution in [0.4, 0.5) is 47.3 Å². The number of alkyl halides is 6. The summed E-state index contributed by atoms with van der Waals surface area (Å²) in [4.78, 5) is 88.8. The number of hydrogen-bond acceptors (Lipinski definition) is 10. The molecule has 404 valence electrons. The third-order valence-electron chi connectivity index (χ3n) is 13.2. The minimum atomic E-state index is -4.78. The normalized spacial score (nSPS) is 16.3. The van der Waals surface area contributed by atoms with Crippen LogP contribution in [0.5, 0.6) is 0 Å². The number of carbonyl (C=O) groups excluding carboxylic acids is 6. The Labute approximate surface area is 441 Å². The first-order valence-electron chi connectivity index (χ1n) is 24.5. The average molecular weight is 1070 g/mol. The molecular weight excluding hydrogens is 1010 g/mol. The first-order chi connectivity index (χ1) is 36.3. The summed E-state index contributed by atoms with van der Waals surface area (Å²) in [5.74, 6) is -2.66. The molecule has 0 aliphatic carbocycles. The van der Waals surface area contributed by atoms with Crippen molar-refractivity contribution in [1.82, 2.24) is 9.80 Å². The molecule has 0 N–H and O–H groups in total. The van der Waals surface area contributed by atoms with Crippen LogP contribution in [0, 0.1) is 22.7 Å². The zero-order valence-electron chi connectivity index (χ0n) is 43.1. The van der Waals surface area contributed by atoms with Crippen LogP contribution in [-0.4, -0.2) is 103 Å². The number of benzene rings is 4. The summed E-state index contributed by atoms with van der Waals surface area (Å²) in [5, 5.41) is 19.0. The predicted octanol–water partition coefficient (Wildman–Crippen LogP) is 10.6. The molecule has 0 aromatic heterocycles. The Kier molecular flexibility index (Phi) is 18.2. The lowest BCUT2D eigenvalue weighted by Gasteiger charge is -2.42. The van der Waals surface area contributed by atoms with Gasteiger partial charge in [0.1, 0.15) is 0 Å². The molecule has 21 heteroatoms. The van der Waals surface area contributed by atoms with Gasteiger partial charge in [-0.15, -0.1) is 0 Å². The van der Waals surface area contributed by atoms with E-state index in [0.29, 0.717) is 24.2 Å². The predicted molar refractivity (Wildman–Crippen MR) is 269 cm³/mol. The quantitative estimate of drug-likeness (QED) is 0.0469. The topological polar surface area (TPSA) is 181 Å². The molecule has 0 saturated carbocycles. The second kappa shape index (κ2) is 24.1. The van der Waals surface area contributed by atoms with E-state index < -0.39 is 84.2 Å². The van der Waals surface area contributed by atoms with E-state index in [-0.39, 0.29) is 88.4 Å².